The summed E-state index contributed by atoms with van der Waals surface area (Å²) in [6.07, 6.45) is 11.7. The number of hydrogen-bond acceptors (Lipinski definition) is 2. The van der Waals surface area contributed by atoms with E-state index in [0.29, 0.717) is 0 Å². The van der Waals surface area contributed by atoms with E-state index in [1.54, 1.807) is 5.57 Å². The lowest BCUT2D eigenvalue weighted by Crippen LogP contribution is -2.42. The second kappa shape index (κ2) is 9.08. The number of allylic oxidation sites excluding steroid dienone is 1. The van der Waals surface area contributed by atoms with Gasteiger partial charge in [0.05, 0.1) is 0 Å². The van der Waals surface area contributed by atoms with Crippen LogP contribution in [0.25, 0.3) is 0 Å². The van der Waals surface area contributed by atoms with E-state index in [0.717, 1.165) is 44.6 Å². The monoisotopic (exact) mass is 292 g/mol. The third kappa shape index (κ3) is 6.08. The first-order chi connectivity index (χ1) is 10.3. The maximum atomic E-state index is 4.31. The summed E-state index contributed by atoms with van der Waals surface area (Å²) >= 11 is 0. The Kier molecular flexibility index (Phi) is 7.07. The molecule has 2 aliphatic carbocycles. The highest BCUT2D eigenvalue weighted by Crippen LogP contribution is 2.25. The van der Waals surface area contributed by atoms with Crippen LogP contribution in [0.2, 0.25) is 0 Å². The zero-order chi connectivity index (χ0) is 14.9. The van der Waals surface area contributed by atoms with Crippen LogP contribution in [0, 0.1) is 0 Å². The lowest BCUT2D eigenvalue weighted by Gasteiger charge is -2.21. The Morgan fingerprint density at radius 3 is 2.71 bits per heavy atom. The first kappa shape index (κ1) is 16.3. The molecule has 0 aromatic rings. The summed E-state index contributed by atoms with van der Waals surface area (Å²) in [5.74, 6) is 0.943. The maximum absolute atomic E-state index is 4.31. The third-order valence-corrected chi connectivity index (χ3v) is 4.51. The van der Waals surface area contributed by atoms with Crippen LogP contribution < -0.4 is 10.6 Å². The minimum atomic E-state index is 0.852. The Bertz CT molecular complexity index is 358. The van der Waals surface area contributed by atoms with Gasteiger partial charge in [0.15, 0.2) is 5.96 Å². The molecule has 1 saturated carbocycles. The molecule has 0 radical (unpaired) electrons. The van der Waals surface area contributed by atoms with Gasteiger partial charge in [0.2, 0.25) is 0 Å². The van der Waals surface area contributed by atoms with Gasteiger partial charge >= 0.3 is 0 Å². The molecule has 0 aromatic carbocycles. The summed E-state index contributed by atoms with van der Waals surface area (Å²) in [5.41, 5.74) is 1.62. The minimum Gasteiger partial charge on any atom is -0.356 e. The number of nitrogens with one attached hydrogen (secondary N) is 2. The lowest BCUT2D eigenvalue weighted by molar-refractivity contribution is 0.282. The molecule has 0 amide bonds. The van der Waals surface area contributed by atoms with Crippen molar-refractivity contribution in [1.29, 1.82) is 0 Å². The molecule has 0 atom stereocenters. The summed E-state index contributed by atoms with van der Waals surface area (Å²) in [7, 11) is 1.85. The fourth-order valence-electron chi connectivity index (χ4n) is 3.05. The van der Waals surface area contributed by atoms with Crippen LogP contribution in [-0.4, -0.2) is 50.1 Å². The van der Waals surface area contributed by atoms with Gasteiger partial charge in [-0.3, -0.25) is 9.89 Å². The van der Waals surface area contributed by atoms with E-state index in [4.69, 9.17) is 0 Å². The zero-order valence-corrected chi connectivity index (χ0v) is 13.8. The summed E-state index contributed by atoms with van der Waals surface area (Å²) in [6.45, 7) is 6.50. The second-order valence-electron chi connectivity index (χ2n) is 6.14. The molecular weight excluding hydrogens is 260 g/mol. The highest BCUT2D eigenvalue weighted by atomic mass is 15.2. The Morgan fingerprint density at radius 1 is 1.29 bits per heavy atom. The van der Waals surface area contributed by atoms with Crippen molar-refractivity contribution < 1.29 is 0 Å². The normalized spacial score (nSPS) is 19.6. The Morgan fingerprint density at radius 2 is 2.10 bits per heavy atom. The fraction of sp³-hybridized carbons (Fsp3) is 0.824. The van der Waals surface area contributed by atoms with Crippen LogP contribution in [0.5, 0.6) is 0 Å². The van der Waals surface area contributed by atoms with Crippen molar-refractivity contribution in [3.63, 3.8) is 0 Å². The van der Waals surface area contributed by atoms with Gasteiger partial charge in [-0.15, -0.1) is 0 Å². The van der Waals surface area contributed by atoms with E-state index >= 15 is 0 Å². The van der Waals surface area contributed by atoms with Gasteiger partial charge in [-0.1, -0.05) is 18.6 Å². The van der Waals surface area contributed by atoms with Crippen molar-refractivity contribution in [2.24, 2.45) is 4.99 Å². The third-order valence-electron chi connectivity index (χ3n) is 4.51. The average Bonchev–Trinajstić information content (AvgIpc) is 3.35. The first-order valence-electron chi connectivity index (χ1n) is 8.70. The molecule has 0 spiro atoms. The molecule has 4 nitrogen and oxygen atoms in total. The van der Waals surface area contributed by atoms with Crippen molar-refractivity contribution >= 4 is 5.96 Å². The molecule has 2 aliphatic rings. The second-order valence-corrected chi connectivity index (χ2v) is 6.14. The molecule has 0 unspecified atom stereocenters. The number of hydrogen-bond donors (Lipinski definition) is 2. The predicted octanol–water partition coefficient (Wildman–Crippen LogP) is 2.53. The lowest BCUT2D eigenvalue weighted by atomic mass is 9.97. The SMILES string of the molecule is CCN(CCNC(=NC)NCCC1=CCCCC1)C1CC1. The van der Waals surface area contributed by atoms with Crippen LogP contribution in [-0.2, 0) is 0 Å². The fourth-order valence-corrected chi connectivity index (χ4v) is 3.05. The molecule has 0 aliphatic heterocycles. The van der Waals surface area contributed by atoms with Crippen LogP contribution in [0.3, 0.4) is 0 Å². The van der Waals surface area contributed by atoms with Crippen LogP contribution in [0.4, 0.5) is 0 Å². The van der Waals surface area contributed by atoms with E-state index in [-0.39, 0.29) is 0 Å². The average molecular weight is 292 g/mol. The van der Waals surface area contributed by atoms with E-state index in [2.05, 4.69) is 33.5 Å². The number of rotatable bonds is 8. The molecule has 0 bridgehead atoms. The molecule has 120 valence electrons. The summed E-state index contributed by atoms with van der Waals surface area (Å²) in [6, 6.07) is 0.852. The molecule has 2 N–H and O–H groups in total. The van der Waals surface area contributed by atoms with Gasteiger partial charge in [-0.2, -0.15) is 0 Å². The smallest absolute Gasteiger partial charge is 0.191 e. The van der Waals surface area contributed by atoms with E-state index in [1.807, 2.05) is 7.05 Å². The van der Waals surface area contributed by atoms with Gasteiger partial charge in [0.1, 0.15) is 0 Å². The highest BCUT2D eigenvalue weighted by Gasteiger charge is 2.27. The van der Waals surface area contributed by atoms with Crippen molar-refractivity contribution in [2.45, 2.75) is 57.9 Å². The number of guanidine groups is 1. The van der Waals surface area contributed by atoms with Crippen molar-refractivity contribution in [1.82, 2.24) is 15.5 Å². The molecule has 0 saturated heterocycles. The van der Waals surface area contributed by atoms with E-state index < -0.39 is 0 Å². The van der Waals surface area contributed by atoms with Gasteiger partial charge in [-0.05, 0) is 51.5 Å². The van der Waals surface area contributed by atoms with Crippen molar-refractivity contribution in [2.75, 3.05) is 33.2 Å². The van der Waals surface area contributed by atoms with Crippen LogP contribution >= 0.6 is 0 Å². The van der Waals surface area contributed by atoms with E-state index in [9.17, 15) is 0 Å². The predicted molar refractivity (Wildman–Crippen MR) is 90.8 cm³/mol. The van der Waals surface area contributed by atoms with Gasteiger partial charge in [0, 0.05) is 32.7 Å². The number of likely N-dealkylation sites (N-methyl/N-ethyl adjacent to an activating group) is 1. The molecular formula is C17H32N4. The Labute approximate surface area is 130 Å². The van der Waals surface area contributed by atoms with Gasteiger partial charge < -0.3 is 10.6 Å². The zero-order valence-electron chi connectivity index (χ0n) is 13.8. The molecule has 21 heavy (non-hydrogen) atoms. The Hall–Kier alpha value is -1.03. The summed E-state index contributed by atoms with van der Waals surface area (Å²) in [5, 5.41) is 6.87. The van der Waals surface area contributed by atoms with E-state index in [1.165, 1.54) is 38.5 Å². The van der Waals surface area contributed by atoms with Gasteiger partial charge in [0.25, 0.3) is 0 Å². The Balaban J connectivity index is 1.58. The number of aliphatic imine (C=N–C) groups is 1. The number of nitrogens with zero attached hydrogens (tertiary/aromatic N) is 2. The minimum absolute atomic E-state index is 0.852. The van der Waals surface area contributed by atoms with Gasteiger partial charge in [-0.25, -0.2) is 0 Å². The standard InChI is InChI=1S/C17H32N4/c1-3-21(16-9-10-16)14-13-20-17(18-2)19-12-11-15-7-5-4-6-8-15/h7,16H,3-6,8-14H2,1-2H3,(H2,18,19,20). The summed E-state index contributed by atoms with van der Waals surface area (Å²) in [4.78, 5) is 6.87. The largest absolute Gasteiger partial charge is 0.356 e. The molecule has 0 aromatic heterocycles. The van der Waals surface area contributed by atoms with Crippen molar-refractivity contribution in [3.8, 4) is 0 Å². The summed E-state index contributed by atoms with van der Waals surface area (Å²) < 4.78 is 0. The van der Waals surface area contributed by atoms with Crippen molar-refractivity contribution in [3.05, 3.63) is 11.6 Å². The first-order valence-corrected chi connectivity index (χ1v) is 8.70. The van der Waals surface area contributed by atoms with Crippen LogP contribution in [0.1, 0.15) is 51.9 Å². The molecule has 1 fully saturated rings. The molecule has 2 rings (SSSR count). The maximum Gasteiger partial charge on any atom is 0.191 e. The molecule has 0 heterocycles. The molecule has 4 heteroatoms. The quantitative estimate of drug-likeness (QED) is 0.410. The van der Waals surface area contributed by atoms with Crippen LogP contribution in [0.15, 0.2) is 16.6 Å². The topological polar surface area (TPSA) is 39.7 Å². The highest BCUT2D eigenvalue weighted by molar-refractivity contribution is 5.79.